The number of nitrogens with zero attached hydrogens (tertiary/aromatic N) is 1. The highest BCUT2D eigenvalue weighted by Crippen LogP contribution is 2.46. The Kier molecular flexibility index (Phi) is 3.10. The van der Waals surface area contributed by atoms with Crippen molar-refractivity contribution in [3.05, 3.63) is 17.8 Å². The van der Waals surface area contributed by atoms with Crippen molar-refractivity contribution >= 4 is 0 Å². The molecule has 1 aliphatic rings. The van der Waals surface area contributed by atoms with Crippen LogP contribution in [0.1, 0.15) is 44.8 Å². The summed E-state index contributed by atoms with van der Waals surface area (Å²) < 4.78 is 5.71. The predicted octanol–water partition coefficient (Wildman–Crippen LogP) is 2.34. The van der Waals surface area contributed by atoms with E-state index in [0.29, 0.717) is 12.0 Å². The fourth-order valence-electron chi connectivity index (χ4n) is 1.80. The summed E-state index contributed by atoms with van der Waals surface area (Å²) in [6.45, 7) is 7.49. The predicted molar refractivity (Wildman–Crippen MR) is 59.9 cm³/mol. The zero-order chi connectivity index (χ0) is 10.8. The maximum atomic E-state index is 5.71. The molecule has 15 heavy (non-hydrogen) atoms. The van der Waals surface area contributed by atoms with Gasteiger partial charge in [0.2, 0.25) is 0 Å². The van der Waals surface area contributed by atoms with Gasteiger partial charge in [-0.05, 0) is 12.3 Å². The van der Waals surface area contributed by atoms with E-state index < -0.39 is 0 Å². The minimum absolute atomic E-state index is 0.530. The standard InChI is InChI=1S/C12H20N2O/c1-8(2)13-5-4-12-14-7-11(15-12)10-6-9(10)3/h7-10,13H,4-6H2,1-3H3. The summed E-state index contributed by atoms with van der Waals surface area (Å²) in [5, 5.41) is 3.36. The van der Waals surface area contributed by atoms with Gasteiger partial charge in [-0.2, -0.15) is 0 Å². The number of rotatable bonds is 5. The number of hydrogen-bond donors (Lipinski definition) is 1. The van der Waals surface area contributed by atoms with Crippen LogP contribution in [-0.4, -0.2) is 17.6 Å². The summed E-state index contributed by atoms with van der Waals surface area (Å²) in [6.07, 6.45) is 4.05. The molecule has 1 aromatic heterocycles. The van der Waals surface area contributed by atoms with Crippen LogP contribution in [-0.2, 0) is 6.42 Å². The molecular weight excluding hydrogens is 188 g/mol. The quantitative estimate of drug-likeness (QED) is 0.807. The summed E-state index contributed by atoms with van der Waals surface area (Å²) >= 11 is 0. The topological polar surface area (TPSA) is 38.1 Å². The zero-order valence-electron chi connectivity index (χ0n) is 9.79. The number of hydrogen-bond acceptors (Lipinski definition) is 3. The fourth-order valence-corrected chi connectivity index (χ4v) is 1.80. The van der Waals surface area contributed by atoms with Gasteiger partial charge < -0.3 is 9.73 Å². The number of nitrogens with one attached hydrogen (secondary N) is 1. The van der Waals surface area contributed by atoms with Gasteiger partial charge >= 0.3 is 0 Å². The molecule has 1 saturated carbocycles. The molecule has 3 heteroatoms. The molecule has 1 aliphatic carbocycles. The van der Waals surface area contributed by atoms with Crippen molar-refractivity contribution in [2.24, 2.45) is 5.92 Å². The molecule has 1 fully saturated rings. The molecule has 0 aliphatic heterocycles. The van der Waals surface area contributed by atoms with E-state index >= 15 is 0 Å². The Morgan fingerprint density at radius 3 is 2.93 bits per heavy atom. The second kappa shape index (κ2) is 4.35. The molecule has 0 saturated heterocycles. The fraction of sp³-hybridized carbons (Fsp3) is 0.750. The molecule has 2 rings (SSSR count). The summed E-state index contributed by atoms with van der Waals surface area (Å²) in [4.78, 5) is 4.30. The average Bonchev–Trinajstić information content (AvgIpc) is 2.73. The molecule has 1 N–H and O–H groups in total. The lowest BCUT2D eigenvalue weighted by molar-refractivity contribution is 0.441. The van der Waals surface area contributed by atoms with Crippen molar-refractivity contribution in [2.45, 2.75) is 45.6 Å². The van der Waals surface area contributed by atoms with E-state index in [-0.39, 0.29) is 0 Å². The molecule has 84 valence electrons. The molecule has 1 heterocycles. The lowest BCUT2D eigenvalue weighted by atomic mass is 10.3. The normalized spacial score (nSPS) is 24.8. The van der Waals surface area contributed by atoms with Gasteiger partial charge in [0.05, 0.1) is 6.20 Å². The average molecular weight is 208 g/mol. The van der Waals surface area contributed by atoms with Crippen LogP contribution in [0.25, 0.3) is 0 Å². The van der Waals surface area contributed by atoms with Crippen LogP contribution in [0.3, 0.4) is 0 Å². The second-order valence-corrected chi connectivity index (χ2v) is 4.83. The third kappa shape index (κ3) is 2.81. The summed E-state index contributed by atoms with van der Waals surface area (Å²) in [7, 11) is 0. The highest BCUT2D eigenvalue weighted by Gasteiger charge is 2.36. The molecule has 0 amide bonds. The monoisotopic (exact) mass is 208 g/mol. The molecular formula is C12H20N2O. The Morgan fingerprint density at radius 2 is 2.33 bits per heavy atom. The first kappa shape index (κ1) is 10.7. The first-order valence-corrected chi connectivity index (χ1v) is 5.85. The molecule has 2 unspecified atom stereocenters. The molecule has 1 aromatic rings. The van der Waals surface area contributed by atoms with Crippen LogP contribution in [0.5, 0.6) is 0 Å². The van der Waals surface area contributed by atoms with Crippen LogP contribution in [0.2, 0.25) is 0 Å². The Balaban J connectivity index is 1.80. The third-order valence-corrected chi connectivity index (χ3v) is 2.94. The molecule has 2 atom stereocenters. The number of aromatic nitrogens is 1. The van der Waals surface area contributed by atoms with Gasteiger partial charge in [0.1, 0.15) is 5.76 Å². The van der Waals surface area contributed by atoms with Crippen LogP contribution in [0, 0.1) is 5.92 Å². The first-order valence-electron chi connectivity index (χ1n) is 5.85. The largest absolute Gasteiger partial charge is 0.445 e. The van der Waals surface area contributed by atoms with Crippen LogP contribution < -0.4 is 5.32 Å². The van der Waals surface area contributed by atoms with Gasteiger partial charge in [-0.25, -0.2) is 4.98 Å². The Bertz CT molecular complexity index is 319. The Hall–Kier alpha value is -0.830. The van der Waals surface area contributed by atoms with Gasteiger partial charge in [-0.3, -0.25) is 0 Å². The van der Waals surface area contributed by atoms with E-state index in [1.54, 1.807) is 0 Å². The minimum atomic E-state index is 0.530. The molecule has 0 radical (unpaired) electrons. The molecule has 0 bridgehead atoms. The summed E-state index contributed by atoms with van der Waals surface area (Å²) in [5.74, 6) is 3.39. The van der Waals surface area contributed by atoms with Gasteiger partial charge in [0.15, 0.2) is 5.89 Å². The van der Waals surface area contributed by atoms with E-state index in [1.165, 1.54) is 6.42 Å². The molecule has 0 aromatic carbocycles. The summed E-state index contributed by atoms with van der Waals surface area (Å²) in [6, 6.07) is 0.530. The smallest absolute Gasteiger partial charge is 0.195 e. The maximum Gasteiger partial charge on any atom is 0.195 e. The number of oxazole rings is 1. The van der Waals surface area contributed by atoms with Crippen LogP contribution >= 0.6 is 0 Å². The van der Waals surface area contributed by atoms with Gasteiger partial charge in [-0.1, -0.05) is 20.8 Å². The lowest BCUT2D eigenvalue weighted by Crippen LogP contribution is -2.24. The van der Waals surface area contributed by atoms with Crippen molar-refractivity contribution < 1.29 is 4.42 Å². The van der Waals surface area contributed by atoms with Gasteiger partial charge in [0.25, 0.3) is 0 Å². The zero-order valence-corrected chi connectivity index (χ0v) is 9.79. The van der Waals surface area contributed by atoms with E-state index in [9.17, 15) is 0 Å². The van der Waals surface area contributed by atoms with Gasteiger partial charge in [0, 0.05) is 24.9 Å². The van der Waals surface area contributed by atoms with E-state index in [1.807, 2.05) is 6.20 Å². The van der Waals surface area contributed by atoms with E-state index in [4.69, 9.17) is 4.42 Å². The van der Waals surface area contributed by atoms with E-state index in [2.05, 4.69) is 31.1 Å². The van der Waals surface area contributed by atoms with Crippen molar-refractivity contribution in [1.82, 2.24) is 10.3 Å². The minimum Gasteiger partial charge on any atom is -0.445 e. The van der Waals surface area contributed by atoms with Crippen molar-refractivity contribution in [1.29, 1.82) is 0 Å². The highest BCUT2D eigenvalue weighted by molar-refractivity contribution is 5.11. The maximum absolute atomic E-state index is 5.71. The van der Waals surface area contributed by atoms with Crippen LogP contribution in [0.15, 0.2) is 10.6 Å². The first-order chi connectivity index (χ1) is 7.16. The van der Waals surface area contributed by atoms with Crippen molar-refractivity contribution in [3.63, 3.8) is 0 Å². The lowest BCUT2D eigenvalue weighted by Gasteiger charge is -2.05. The van der Waals surface area contributed by atoms with Gasteiger partial charge in [-0.15, -0.1) is 0 Å². The second-order valence-electron chi connectivity index (χ2n) is 4.83. The molecule has 3 nitrogen and oxygen atoms in total. The summed E-state index contributed by atoms with van der Waals surface area (Å²) in [5.41, 5.74) is 0. The molecule has 0 spiro atoms. The SMILES string of the molecule is CC(C)NCCc1ncc(C2CC2C)o1. The highest BCUT2D eigenvalue weighted by atomic mass is 16.4. The third-order valence-electron chi connectivity index (χ3n) is 2.94. The van der Waals surface area contributed by atoms with Crippen molar-refractivity contribution in [2.75, 3.05) is 6.54 Å². The van der Waals surface area contributed by atoms with Crippen molar-refractivity contribution in [3.8, 4) is 0 Å². The van der Waals surface area contributed by atoms with E-state index in [0.717, 1.165) is 30.5 Å². The Morgan fingerprint density at radius 1 is 1.60 bits per heavy atom. The Labute approximate surface area is 91.3 Å². The van der Waals surface area contributed by atoms with Crippen LogP contribution in [0.4, 0.5) is 0 Å².